The molecule has 0 bridgehead atoms. The molecule has 0 aliphatic heterocycles. The highest BCUT2D eigenvalue weighted by Crippen LogP contribution is 2.10. The molecule has 4 heteroatoms. The Hall–Kier alpha value is -1.55. The Bertz CT molecular complexity index is 374. The number of hydrogen-bond acceptors (Lipinski definition) is 3. The van der Waals surface area contributed by atoms with Gasteiger partial charge in [-0.1, -0.05) is 26.0 Å². The summed E-state index contributed by atoms with van der Waals surface area (Å²) in [6, 6.07) is 7.03. The van der Waals surface area contributed by atoms with Crippen LogP contribution in [-0.4, -0.2) is 36.1 Å². The molecule has 0 radical (unpaired) electrons. The van der Waals surface area contributed by atoms with Crippen LogP contribution >= 0.6 is 0 Å². The van der Waals surface area contributed by atoms with E-state index in [4.69, 9.17) is 0 Å². The zero-order valence-electron chi connectivity index (χ0n) is 11.3. The molecule has 100 valence electrons. The molecular formula is C14H22N2O2. The number of rotatable bonds is 6. The Morgan fingerprint density at radius 1 is 1.33 bits per heavy atom. The third kappa shape index (κ3) is 5.68. The first kappa shape index (κ1) is 14.5. The predicted molar refractivity (Wildman–Crippen MR) is 72.3 cm³/mol. The summed E-state index contributed by atoms with van der Waals surface area (Å²) >= 11 is 0. The highest BCUT2D eigenvalue weighted by molar-refractivity contribution is 5.77. The van der Waals surface area contributed by atoms with E-state index in [9.17, 15) is 9.90 Å². The third-order valence-corrected chi connectivity index (χ3v) is 2.51. The zero-order chi connectivity index (χ0) is 13.5. The molecule has 4 nitrogen and oxygen atoms in total. The summed E-state index contributed by atoms with van der Waals surface area (Å²) in [4.78, 5) is 13.6. The second-order valence-electron chi connectivity index (χ2n) is 5.04. The molecule has 0 aliphatic carbocycles. The van der Waals surface area contributed by atoms with Crippen LogP contribution in [0.3, 0.4) is 0 Å². The Morgan fingerprint density at radius 3 is 2.50 bits per heavy atom. The Labute approximate surface area is 109 Å². The van der Waals surface area contributed by atoms with Crippen molar-refractivity contribution in [2.75, 3.05) is 20.1 Å². The fourth-order valence-electron chi connectivity index (χ4n) is 1.59. The molecule has 0 spiro atoms. The number of aromatic hydroxyl groups is 1. The summed E-state index contributed by atoms with van der Waals surface area (Å²) in [6.45, 7) is 5.93. The van der Waals surface area contributed by atoms with Gasteiger partial charge in [0.1, 0.15) is 5.75 Å². The molecule has 0 aliphatic rings. The summed E-state index contributed by atoms with van der Waals surface area (Å²) in [5, 5.41) is 12.1. The van der Waals surface area contributed by atoms with Crippen molar-refractivity contribution in [2.24, 2.45) is 5.92 Å². The number of carbonyl (C=O) groups excluding carboxylic acids is 1. The predicted octanol–water partition coefficient (Wildman–Crippen LogP) is 1.60. The number of benzene rings is 1. The highest BCUT2D eigenvalue weighted by Gasteiger charge is 2.07. The quantitative estimate of drug-likeness (QED) is 0.806. The molecule has 1 aromatic rings. The minimum atomic E-state index is 0.0463. The van der Waals surface area contributed by atoms with E-state index in [1.54, 1.807) is 12.1 Å². The van der Waals surface area contributed by atoms with Crippen LogP contribution in [0.2, 0.25) is 0 Å². The van der Waals surface area contributed by atoms with Crippen LogP contribution in [0.4, 0.5) is 0 Å². The maximum atomic E-state index is 11.6. The average Bonchev–Trinajstić information content (AvgIpc) is 2.29. The smallest absolute Gasteiger partial charge is 0.234 e. The molecule has 1 aromatic carbocycles. The largest absolute Gasteiger partial charge is 0.508 e. The summed E-state index contributed by atoms with van der Waals surface area (Å²) in [5.74, 6) is 0.775. The van der Waals surface area contributed by atoms with E-state index in [-0.39, 0.29) is 11.7 Å². The standard InChI is InChI=1S/C14H22N2O2/c1-11(2)8-15-14(18)10-16(3)9-12-4-6-13(17)7-5-12/h4-7,11,17H,8-10H2,1-3H3,(H,15,18). The normalized spacial score (nSPS) is 10.9. The molecule has 0 saturated carbocycles. The number of phenolic OH excluding ortho intramolecular Hbond substituents is 1. The molecule has 1 amide bonds. The van der Waals surface area contributed by atoms with Crippen molar-refractivity contribution >= 4 is 5.91 Å². The molecule has 2 N–H and O–H groups in total. The highest BCUT2D eigenvalue weighted by atomic mass is 16.3. The first-order valence-electron chi connectivity index (χ1n) is 6.20. The van der Waals surface area contributed by atoms with E-state index < -0.39 is 0 Å². The monoisotopic (exact) mass is 250 g/mol. The molecule has 0 heterocycles. The number of nitrogens with zero attached hydrogens (tertiary/aromatic N) is 1. The first-order valence-corrected chi connectivity index (χ1v) is 6.20. The van der Waals surface area contributed by atoms with Gasteiger partial charge in [-0.05, 0) is 30.7 Å². The van der Waals surface area contributed by atoms with Crippen LogP contribution < -0.4 is 5.32 Å². The van der Waals surface area contributed by atoms with Crippen molar-refractivity contribution in [2.45, 2.75) is 20.4 Å². The minimum absolute atomic E-state index is 0.0463. The van der Waals surface area contributed by atoms with E-state index in [2.05, 4.69) is 19.2 Å². The molecule has 0 unspecified atom stereocenters. The molecule has 0 saturated heterocycles. The van der Waals surface area contributed by atoms with Gasteiger partial charge in [-0.25, -0.2) is 0 Å². The maximum Gasteiger partial charge on any atom is 0.234 e. The van der Waals surface area contributed by atoms with E-state index >= 15 is 0 Å². The van der Waals surface area contributed by atoms with Crippen LogP contribution in [-0.2, 0) is 11.3 Å². The number of hydrogen-bond donors (Lipinski definition) is 2. The lowest BCUT2D eigenvalue weighted by Gasteiger charge is -2.17. The lowest BCUT2D eigenvalue weighted by atomic mass is 10.2. The Kier molecular flexibility index (Phi) is 5.65. The van der Waals surface area contributed by atoms with Crippen molar-refractivity contribution < 1.29 is 9.90 Å². The molecule has 18 heavy (non-hydrogen) atoms. The van der Waals surface area contributed by atoms with Gasteiger partial charge < -0.3 is 10.4 Å². The summed E-state index contributed by atoms with van der Waals surface area (Å²) in [7, 11) is 1.90. The van der Waals surface area contributed by atoms with Crippen molar-refractivity contribution in [1.82, 2.24) is 10.2 Å². The van der Waals surface area contributed by atoms with Crippen molar-refractivity contribution in [3.05, 3.63) is 29.8 Å². The van der Waals surface area contributed by atoms with E-state index in [1.165, 1.54) is 0 Å². The van der Waals surface area contributed by atoms with Crippen molar-refractivity contribution in [1.29, 1.82) is 0 Å². The number of phenols is 1. The van der Waals surface area contributed by atoms with Gasteiger partial charge in [-0.3, -0.25) is 9.69 Å². The summed E-state index contributed by atoms with van der Waals surface area (Å²) < 4.78 is 0. The Balaban J connectivity index is 2.34. The molecule has 0 aromatic heterocycles. The maximum absolute atomic E-state index is 11.6. The van der Waals surface area contributed by atoms with Gasteiger partial charge in [0.2, 0.25) is 5.91 Å². The molecular weight excluding hydrogens is 228 g/mol. The summed E-state index contributed by atoms with van der Waals surface area (Å²) in [6.07, 6.45) is 0. The fraction of sp³-hybridized carbons (Fsp3) is 0.500. The minimum Gasteiger partial charge on any atom is -0.508 e. The van der Waals surface area contributed by atoms with Crippen LogP contribution in [0, 0.1) is 5.92 Å². The van der Waals surface area contributed by atoms with Gasteiger partial charge in [0.15, 0.2) is 0 Å². The van der Waals surface area contributed by atoms with Crippen LogP contribution in [0.5, 0.6) is 5.75 Å². The second kappa shape index (κ2) is 7.01. The third-order valence-electron chi connectivity index (χ3n) is 2.51. The molecule has 0 fully saturated rings. The van der Waals surface area contributed by atoms with Gasteiger partial charge >= 0.3 is 0 Å². The van der Waals surface area contributed by atoms with Gasteiger partial charge in [0.25, 0.3) is 0 Å². The summed E-state index contributed by atoms with van der Waals surface area (Å²) in [5.41, 5.74) is 1.08. The van der Waals surface area contributed by atoms with Crippen LogP contribution in [0.1, 0.15) is 19.4 Å². The zero-order valence-corrected chi connectivity index (χ0v) is 11.3. The van der Waals surface area contributed by atoms with Crippen molar-refractivity contribution in [3.8, 4) is 5.75 Å². The van der Waals surface area contributed by atoms with Crippen molar-refractivity contribution in [3.63, 3.8) is 0 Å². The topological polar surface area (TPSA) is 52.6 Å². The lowest BCUT2D eigenvalue weighted by molar-refractivity contribution is -0.122. The van der Waals surface area contributed by atoms with Gasteiger partial charge in [-0.2, -0.15) is 0 Å². The first-order chi connectivity index (χ1) is 8.47. The second-order valence-corrected chi connectivity index (χ2v) is 5.04. The fourth-order valence-corrected chi connectivity index (χ4v) is 1.59. The average molecular weight is 250 g/mol. The lowest BCUT2D eigenvalue weighted by Crippen LogP contribution is -2.36. The van der Waals surface area contributed by atoms with Crippen LogP contribution in [0.15, 0.2) is 24.3 Å². The number of carbonyl (C=O) groups is 1. The van der Waals surface area contributed by atoms with E-state index in [0.717, 1.165) is 5.56 Å². The molecule has 1 rings (SSSR count). The van der Waals surface area contributed by atoms with E-state index in [1.807, 2.05) is 24.1 Å². The van der Waals surface area contributed by atoms with Gasteiger partial charge in [0, 0.05) is 13.1 Å². The SMILES string of the molecule is CC(C)CNC(=O)CN(C)Cc1ccc(O)cc1. The number of amides is 1. The number of nitrogens with one attached hydrogen (secondary N) is 1. The molecule has 0 atom stereocenters. The van der Waals surface area contributed by atoms with Crippen LogP contribution in [0.25, 0.3) is 0 Å². The Morgan fingerprint density at radius 2 is 1.94 bits per heavy atom. The van der Waals surface area contributed by atoms with Gasteiger partial charge in [-0.15, -0.1) is 0 Å². The number of likely N-dealkylation sites (N-methyl/N-ethyl adjacent to an activating group) is 1. The van der Waals surface area contributed by atoms with Gasteiger partial charge in [0.05, 0.1) is 6.54 Å². The van der Waals surface area contributed by atoms with E-state index in [0.29, 0.717) is 25.6 Å².